The minimum atomic E-state index is -1.24. The first-order chi connectivity index (χ1) is 10.0. The Kier molecular flexibility index (Phi) is 3.27. The van der Waals surface area contributed by atoms with Crippen LogP contribution in [0.15, 0.2) is 40.1 Å². The van der Waals surface area contributed by atoms with E-state index in [-0.39, 0.29) is 5.69 Å². The minimum absolute atomic E-state index is 0.122. The number of rotatable bonds is 1. The normalized spacial score (nSPS) is 11.0. The van der Waals surface area contributed by atoms with E-state index in [0.29, 0.717) is 20.5 Å². The quantitative estimate of drug-likeness (QED) is 0.699. The maximum absolute atomic E-state index is 13.7. The van der Waals surface area contributed by atoms with Crippen LogP contribution in [0.5, 0.6) is 0 Å². The van der Waals surface area contributed by atoms with Crippen molar-refractivity contribution in [1.82, 2.24) is 14.5 Å². The van der Waals surface area contributed by atoms with Gasteiger partial charge in [0, 0.05) is 11.6 Å². The van der Waals surface area contributed by atoms with Crippen LogP contribution < -0.4 is 11.2 Å². The van der Waals surface area contributed by atoms with E-state index < -0.39 is 22.2 Å². The fraction of sp³-hybridized carbons (Fsp3) is 0. The van der Waals surface area contributed by atoms with Gasteiger partial charge in [0.1, 0.15) is 0 Å². The van der Waals surface area contributed by atoms with E-state index in [1.807, 2.05) is 0 Å². The van der Waals surface area contributed by atoms with Crippen molar-refractivity contribution in [1.29, 1.82) is 0 Å². The van der Waals surface area contributed by atoms with Gasteiger partial charge < -0.3 is 0 Å². The number of hydrogen-bond acceptors (Lipinski definition) is 3. The third-order valence-electron chi connectivity index (χ3n) is 2.94. The molecule has 0 aliphatic heterocycles. The van der Waals surface area contributed by atoms with E-state index in [1.54, 1.807) is 12.1 Å². The van der Waals surface area contributed by atoms with Crippen molar-refractivity contribution in [2.75, 3.05) is 0 Å². The molecule has 2 heterocycles. The summed E-state index contributed by atoms with van der Waals surface area (Å²) in [6.45, 7) is 0. The summed E-state index contributed by atoms with van der Waals surface area (Å²) in [6.07, 6.45) is 1.48. The minimum Gasteiger partial charge on any atom is -0.295 e. The molecule has 5 nitrogen and oxygen atoms in total. The number of halogens is 3. The van der Waals surface area contributed by atoms with Crippen molar-refractivity contribution in [2.24, 2.45) is 0 Å². The van der Waals surface area contributed by atoms with E-state index in [2.05, 4.69) is 9.97 Å². The van der Waals surface area contributed by atoms with E-state index in [0.717, 1.165) is 0 Å². The van der Waals surface area contributed by atoms with Crippen molar-refractivity contribution in [3.05, 3.63) is 67.3 Å². The lowest BCUT2D eigenvalue weighted by molar-refractivity contribution is 0.585. The summed E-state index contributed by atoms with van der Waals surface area (Å²) >= 11 is 11.5. The lowest BCUT2D eigenvalue weighted by atomic mass is 10.2. The maximum atomic E-state index is 13.7. The lowest BCUT2D eigenvalue weighted by Gasteiger charge is -2.09. The number of nitrogens with zero attached hydrogens (tertiary/aromatic N) is 2. The van der Waals surface area contributed by atoms with Crippen LogP contribution in [0.2, 0.25) is 10.2 Å². The molecule has 3 rings (SSSR count). The summed E-state index contributed by atoms with van der Waals surface area (Å²) in [5, 5.41) is 0.312. The zero-order valence-corrected chi connectivity index (χ0v) is 11.7. The Bertz CT molecular complexity index is 981. The van der Waals surface area contributed by atoms with Gasteiger partial charge in [-0.15, -0.1) is 0 Å². The van der Waals surface area contributed by atoms with Crippen LogP contribution >= 0.6 is 23.2 Å². The van der Waals surface area contributed by atoms with Crippen LogP contribution in [-0.2, 0) is 0 Å². The zero-order valence-electron chi connectivity index (χ0n) is 10.2. The largest absolute Gasteiger partial charge is 0.334 e. The Morgan fingerprint density at radius 1 is 1.19 bits per heavy atom. The Labute approximate surface area is 126 Å². The first kappa shape index (κ1) is 13.8. The molecule has 0 aliphatic carbocycles. The third kappa shape index (κ3) is 2.12. The fourth-order valence-corrected chi connectivity index (χ4v) is 2.39. The van der Waals surface area contributed by atoms with Gasteiger partial charge in [-0.25, -0.2) is 9.36 Å². The monoisotopic (exact) mass is 325 g/mol. The highest BCUT2D eigenvalue weighted by Gasteiger charge is 2.16. The van der Waals surface area contributed by atoms with Gasteiger partial charge in [-0.3, -0.25) is 14.8 Å². The van der Waals surface area contributed by atoms with Crippen molar-refractivity contribution in [3.8, 4) is 5.69 Å². The third-order valence-corrected chi connectivity index (χ3v) is 3.53. The Morgan fingerprint density at radius 3 is 2.71 bits per heavy atom. The number of hydrogen-bond donors (Lipinski definition) is 1. The summed E-state index contributed by atoms with van der Waals surface area (Å²) in [6, 6.07) is 6.26. The van der Waals surface area contributed by atoms with Gasteiger partial charge in [-0.05, 0) is 24.3 Å². The van der Waals surface area contributed by atoms with Crippen LogP contribution in [0, 0.1) is 5.82 Å². The van der Waals surface area contributed by atoms with Gasteiger partial charge in [0.2, 0.25) is 5.82 Å². The molecule has 0 amide bonds. The molecule has 21 heavy (non-hydrogen) atoms. The van der Waals surface area contributed by atoms with E-state index in [1.165, 1.54) is 18.3 Å². The zero-order chi connectivity index (χ0) is 15.1. The number of fused-ring (bicyclic) bond motifs is 1. The molecule has 0 spiro atoms. The van der Waals surface area contributed by atoms with Crippen LogP contribution in [0.1, 0.15) is 0 Å². The van der Waals surface area contributed by atoms with Gasteiger partial charge in [0.05, 0.1) is 16.2 Å². The number of aromatic nitrogens is 3. The summed E-state index contributed by atoms with van der Waals surface area (Å²) < 4.78 is 14.3. The Balaban J connectivity index is 2.49. The maximum Gasteiger partial charge on any atom is 0.334 e. The second-order valence-electron chi connectivity index (χ2n) is 4.16. The van der Waals surface area contributed by atoms with Gasteiger partial charge in [-0.2, -0.15) is 4.39 Å². The fourth-order valence-electron chi connectivity index (χ4n) is 2.01. The van der Waals surface area contributed by atoms with Crippen LogP contribution in [0.25, 0.3) is 16.6 Å². The van der Waals surface area contributed by atoms with Crippen molar-refractivity contribution in [3.63, 3.8) is 0 Å². The molecule has 1 aromatic carbocycles. The average Bonchev–Trinajstić information content (AvgIpc) is 2.47. The first-order valence-corrected chi connectivity index (χ1v) is 6.50. The summed E-state index contributed by atoms with van der Waals surface area (Å²) in [5.41, 5.74) is -1.59. The molecule has 106 valence electrons. The molecule has 0 saturated carbocycles. The van der Waals surface area contributed by atoms with E-state index in [9.17, 15) is 14.0 Å². The second-order valence-corrected chi connectivity index (χ2v) is 4.95. The SMILES string of the molecule is O=c1[nH]c(Cl)c(F)c(=O)n1-c1ccc(Cl)c2cccnc12. The van der Waals surface area contributed by atoms with Crippen LogP contribution in [0.3, 0.4) is 0 Å². The van der Waals surface area contributed by atoms with Crippen molar-refractivity contribution < 1.29 is 4.39 Å². The Morgan fingerprint density at radius 2 is 1.95 bits per heavy atom. The van der Waals surface area contributed by atoms with Gasteiger partial charge in [0.25, 0.3) is 5.56 Å². The Hall–Kier alpha value is -2.18. The summed E-state index contributed by atoms with van der Waals surface area (Å²) in [4.78, 5) is 30.1. The van der Waals surface area contributed by atoms with Crippen molar-refractivity contribution in [2.45, 2.75) is 0 Å². The lowest BCUT2D eigenvalue weighted by Crippen LogP contribution is -2.36. The molecule has 0 saturated heterocycles. The number of pyridine rings is 1. The molecular weight excluding hydrogens is 320 g/mol. The predicted molar refractivity (Wildman–Crippen MR) is 77.9 cm³/mol. The highest BCUT2D eigenvalue weighted by Crippen LogP contribution is 2.26. The summed E-state index contributed by atoms with van der Waals surface area (Å²) in [5.74, 6) is -1.24. The standard InChI is InChI=1S/C13H6Cl2FN3O2/c14-7-3-4-8(10-6(7)2-1-5-17-10)19-12(20)9(16)11(15)18-13(19)21/h1-5H,(H,18,21). The van der Waals surface area contributed by atoms with Crippen molar-refractivity contribution >= 4 is 34.1 Å². The topological polar surface area (TPSA) is 67.8 Å². The predicted octanol–water partition coefficient (Wildman–Crippen LogP) is 2.52. The van der Waals surface area contributed by atoms with E-state index >= 15 is 0 Å². The molecule has 0 radical (unpaired) electrons. The molecule has 0 aliphatic rings. The molecule has 0 atom stereocenters. The molecule has 2 aromatic heterocycles. The van der Waals surface area contributed by atoms with Crippen LogP contribution in [0.4, 0.5) is 4.39 Å². The average molecular weight is 326 g/mol. The first-order valence-electron chi connectivity index (χ1n) is 5.74. The molecule has 1 N–H and O–H groups in total. The molecule has 0 unspecified atom stereocenters. The second kappa shape index (κ2) is 4.98. The highest BCUT2D eigenvalue weighted by atomic mass is 35.5. The number of aromatic amines is 1. The van der Waals surface area contributed by atoms with Gasteiger partial charge in [-0.1, -0.05) is 23.2 Å². The highest BCUT2D eigenvalue weighted by molar-refractivity contribution is 6.35. The molecule has 8 heteroatoms. The van der Waals surface area contributed by atoms with Gasteiger partial charge in [0.15, 0.2) is 5.15 Å². The van der Waals surface area contributed by atoms with E-state index in [4.69, 9.17) is 23.2 Å². The number of nitrogens with one attached hydrogen (secondary N) is 1. The van der Waals surface area contributed by atoms with Gasteiger partial charge >= 0.3 is 5.69 Å². The van der Waals surface area contributed by atoms with Crippen LogP contribution in [-0.4, -0.2) is 14.5 Å². The molecule has 0 fully saturated rings. The molecular formula is C13H6Cl2FN3O2. The smallest absolute Gasteiger partial charge is 0.295 e. The number of benzene rings is 1. The molecule has 3 aromatic rings. The molecule has 0 bridgehead atoms. The summed E-state index contributed by atoms with van der Waals surface area (Å²) in [7, 11) is 0. The number of H-pyrrole nitrogens is 1.